The summed E-state index contributed by atoms with van der Waals surface area (Å²) in [5.41, 5.74) is 7.60. The van der Waals surface area contributed by atoms with Crippen LogP contribution in [-0.4, -0.2) is 9.61 Å². The van der Waals surface area contributed by atoms with E-state index in [0.29, 0.717) is 0 Å². The van der Waals surface area contributed by atoms with Gasteiger partial charge in [0.2, 0.25) is 0 Å². The van der Waals surface area contributed by atoms with E-state index in [0.717, 1.165) is 23.9 Å². The molecule has 0 fully saturated rings. The molecule has 0 saturated heterocycles. The van der Waals surface area contributed by atoms with Gasteiger partial charge >= 0.3 is 0 Å². The number of nitrogens with two attached hydrogens (primary N) is 1. The van der Waals surface area contributed by atoms with Gasteiger partial charge in [0, 0.05) is 11.8 Å². The zero-order valence-corrected chi connectivity index (χ0v) is 12.2. The number of hydrazine groups is 1. The molecule has 4 nitrogen and oxygen atoms in total. The Hall–Kier alpha value is -2.17. The number of benzene rings is 1. The lowest BCUT2D eigenvalue weighted by atomic mass is 9.97. The molecular weight excluding hydrogens is 260 g/mol. The largest absolute Gasteiger partial charge is 0.271 e. The summed E-state index contributed by atoms with van der Waals surface area (Å²) >= 11 is 0. The first-order chi connectivity index (χ1) is 10.3. The SMILES string of the molecule is CCCc1cccc(C(NN)c2cnn3ccccc23)c1. The van der Waals surface area contributed by atoms with E-state index in [1.807, 2.05) is 29.0 Å². The van der Waals surface area contributed by atoms with E-state index in [2.05, 4.69) is 47.8 Å². The van der Waals surface area contributed by atoms with E-state index < -0.39 is 0 Å². The second-order valence-electron chi connectivity index (χ2n) is 5.23. The maximum absolute atomic E-state index is 5.82. The van der Waals surface area contributed by atoms with Crippen LogP contribution in [0.15, 0.2) is 54.9 Å². The number of fused-ring (bicyclic) bond motifs is 1. The number of pyridine rings is 1. The fourth-order valence-corrected chi connectivity index (χ4v) is 2.76. The van der Waals surface area contributed by atoms with E-state index in [9.17, 15) is 0 Å². The molecule has 2 aromatic heterocycles. The topological polar surface area (TPSA) is 55.3 Å². The Balaban J connectivity index is 2.03. The zero-order valence-electron chi connectivity index (χ0n) is 12.2. The van der Waals surface area contributed by atoms with Crippen LogP contribution in [0.5, 0.6) is 0 Å². The normalized spacial score (nSPS) is 12.7. The van der Waals surface area contributed by atoms with Gasteiger partial charge in [-0.2, -0.15) is 5.10 Å². The van der Waals surface area contributed by atoms with Crippen molar-refractivity contribution in [3.05, 3.63) is 71.5 Å². The van der Waals surface area contributed by atoms with Gasteiger partial charge in [0.25, 0.3) is 0 Å². The molecule has 3 rings (SSSR count). The van der Waals surface area contributed by atoms with Crippen LogP contribution in [0.1, 0.15) is 36.1 Å². The second-order valence-corrected chi connectivity index (χ2v) is 5.23. The first-order valence-corrected chi connectivity index (χ1v) is 7.30. The second kappa shape index (κ2) is 6.08. The van der Waals surface area contributed by atoms with E-state index in [-0.39, 0.29) is 6.04 Å². The maximum atomic E-state index is 5.82. The summed E-state index contributed by atoms with van der Waals surface area (Å²) in [5, 5.41) is 4.39. The van der Waals surface area contributed by atoms with Gasteiger partial charge in [0.1, 0.15) is 0 Å². The summed E-state index contributed by atoms with van der Waals surface area (Å²) in [4.78, 5) is 0. The van der Waals surface area contributed by atoms with Gasteiger partial charge in [-0.05, 0) is 29.7 Å². The predicted molar refractivity (Wildman–Crippen MR) is 84.8 cm³/mol. The molecule has 0 bridgehead atoms. The molecule has 0 aliphatic heterocycles. The van der Waals surface area contributed by atoms with Crippen LogP contribution in [0.2, 0.25) is 0 Å². The smallest absolute Gasteiger partial charge is 0.0747 e. The summed E-state index contributed by atoms with van der Waals surface area (Å²) in [6.07, 6.45) is 6.05. The highest BCUT2D eigenvalue weighted by Crippen LogP contribution is 2.25. The van der Waals surface area contributed by atoms with Crippen LogP contribution in [0.4, 0.5) is 0 Å². The van der Waals surface area contributed by atoms with E-state index in [4.69, 9.17) is 5.84 Å². The van der Waals surface area contributed by atoms with Crippen LogP contribution >= 0.6 is 0 Å². The molecule has 3 aromatic rings. The number of hydrogen-bond donors (Lipinski definition) is 2. The van der Waals surface area contributed by atoms with Crippen LogP contribution in [-0.2, 0) is 6.42 Å². The Kier molecular flexibility index (Phi) is 3.99. The maximum Gasteiger partial charge on any atom is 0.0747 e. The number of aromatic nitrogens is 2. The van der Waals surface area contributed by atoms with Crippen molar-refractivity contribution in [2.24, 2.45) is 5.84 Å². The number of hydrogen-bond acceptors (Lipinski definition) is 3. The quantitative estimate of drug-likeness (QED) is 0.558. The van der Waals surface area contributed by atoms with Crippen molar-refractivity contribution >= 4 is 5.52 Å². The minimum atomic E-state index is -0.0540. The average molecular weight is 280 g/mol. The monoisotopic (exact) mass is 280 g/mol. The van der Waals surface area contributed by atoms with Crippen molar-refractivity contribution in [1.29, 1.82) is 0 Å². The molecule has 1 unspecified atom stereocenters. The Morgan fingerprint density at radius 1 is 1.24 bits per heavy atom. The molecule has 108 valence electrons. The summed E-state index contributed by atoms with van der Waals surface area (Å²) in [6.45, 7) is 2.19. The van der Waals surface area contributed by atoms with Gasteiger partial charge in [0.15, 0.2) is 0 Å². The third-order valence-corrected chi connectivity index (χ3v) is 3.76. The molecular formula is C17H20N4. The highest BCUT2D eigenvalue weighted by atomic mass is 15.3. The van der Waals surface area contributed by atoms with Crippen LogP contribution in [0, 0.1) is 0 Å². The molecule has 0 amide bonds. The van der Waals surface area contributed by atoms with Gasteiger partial charge in [-0.15, -0.1) is 0 Å². The van der Waals surface area contributed by atoms with Crippen LogP contribution in [0.3, 0.4) is 0 Å². The third-order valence-electron chi connectivity index (χ3n) is 3.76. The summed E-state index contributed by atoms with van der Waals surface area (Å²) in [7, 11) is 0. The van der Waals surface area contributed by atoms with Crippen LogP contribution < -0.4 is 11.3 Å². The fraction of sp³-hybridized carbons (Fsp3) is 0.235. The molecule has 3 N–H and O–H groups in total. The van der Waals surface area contributed by atoms with E-state index in [1.54, 1.807) is 0 Å². The minimum absolute atomic E-state index is 0.0540. The third kappa shape index (κ3) is 2.68. The molecule has 1 atom stereocenters. The lowest BCUT2D eigenvalue weighted by molar-refractivity contribution is 0.639. The fourth-order valence-electron chi connectivity index (χ4n) is 2.76. The summed E-state index contributed by atoms with van der Waals surface area (Å²) in [6, 6.07) is 14.6. The summed E-state index contributed by atoms with van der Waals surface area (Å²) in [5.74, 6) is 5.82. The predicted octanol–water partition coefficient (Wildman–Crippen LogP) is 2.84. The Bertz CT molecular complexity index is 732. The molecule has 0 radical (unpaired) electrons. The standard InChI is InChI=1S/C17H20N4/c1-2-6-13-7-5-8-14(11-13)17(20-18)15-12-19-21-10-4-3-9-16(15)21/h3-5,7-12,17,20H,2,6,18H2,1H3. The molecule has 0 spiro atoms. The first-order valence-electron chi connectivity index (χ1n) is 7.30. The highest BCUT2D eigenvalue weighted by Gasteiger charge is 2.17. The number of rotatable bonds is 5. The van der Waals surface area contributed by atoms with Gasteiger partial charge in [-0.25, -0.2) is 9.94 Å². The number of aryl methyl sites for hydroxylation is 1. The van der Waals surface area contributed by atoms with Crippen molar-refractivity contribution in [2.75, 3.05) is 0 Å². The molecule has 0 aliphatic carbocycles. The van der Waals surface area contributed by atoms with Gasteiger partial charge in [-0.3, -0.25) is 5.84 Å². The van der Waals surface area contributed by atoms with Gasteiger partial charge in [-0.1, -0.05) is 43.7 Å². The van der Waals surface area contributed by atoms with Crippen molar-refractivity contribution in [2.45, 2.75) is 25.8 Å². The van der Waals surface area contributed by atoms with E-state index >= 15 is 0 Å². The lowest BCUT2D eigenvalue weighted by Gasteiger charge is -2.16. The van der Waals surface area contributed by atoms with Gasteiger partial charge in [0.05, 0.1) is 17.8 Å². The van der Waals surface area contributed by atoms with Crippen LogP contribution in [0.25, 0.3) is 5.52 Å². The molecule has 21 heavy (non-hydrogen) atoms. The average Bonchev–Trinajstić information content (AvgIpc) is 2.93. The summed E-state index contributed by atoms with van der Waals surface area (Å²) < 4.78 is 1.87. The Morgan fingerprint density at radius 3 is 2.95 bits per heavy atom. The first kappa shape index (κ1) is 13.8. The van der Waals surface area contributed by atoms with Crippen molar-refractivity contribution in [1.82, 2.24) is 15.0 Å². The molecule has 1 aromatic carbocycles. The molecule has 0 aliphatic rings. The van der Waals surface area contributed by atoms with Crippen molar-refractivity contribution in [3.8, 4) is 0 Å². The highest BCUT2D eigenvalue weighted by molar-refractivity contribution is 5.57. The number of nitrogens with zero attached hydrogens (tertiary/aromatic N) is 2. The number of nitrogens with one attached hydrogen (secondary N) is 1. The lowest BCUT2D eigenvalue weighted by Crippen LogP contribution is -2.28. The van der Waals surface area contributed by atoms with Crippen molar-refractivity contribution < 1.29 is 0 Å². The Morgan fingerprint density at radius 2 is 2.14 bits per heavy atom. The zero-order chi connectivity index (χ0) is 14.7. The Labute approximate surface area is 124 Å². The van der Waals surface area contributed by atoms with Crippen molar-refractivity contribution in [3.63, 3.8) is 0 Å². The van der Waals surface area contributed by atoms with E-state index in [1.165, 1.54) is 11.1 Å². The molecule has 4 heteroatoms. The molecule has 0 saturated carbocycles. The molecule has 2 heterocycles. The minimum Gasteiger partial charge on any atom is -0.271 e. The van der Waals surface area contributed by atoms with Gasteiger partial charge < -0.3 is 0 Å².